The van der Waals surface area contributed by atoms with Gasteiger partial charge in [0.05, 0.1) is 11.6 Å². The fourth-order valence-electron chi connectivity index (χ4n) is 4.66. The Balaban J connectivity index is 1.35. The molecular weight excluding hydrogens is 420 g/mol. The minimum atomic E-state index is -0.0529. The van der Waals surface area contributed by atoms with Crippen LogP contribution in [0.2, 0.25) is 0 Å². The molecule has 1 aliphatic heterocycles. The smallest absolute Gasteiger partial charge is 0.252 e. The van der Waals surface area contributed by atoms with Crippen molar-refractivity contribution >= 4 is 22.9 Å². The summed E-state index contributed by atoms with van der Waals surface area (Å²) in [6.07, 6.45) is 5.50. The average molecular weight is 453 g/mol. The molecule has 0 radical (unpaired) electrons. The molecule has 0 spiro atoms. The molecule has 1 amide bonds. The quantitative estimate of drug-likeness (QED) is 0.568. The van der Waals surface area contributed by atoms with Gasteiger partial charge in [0.1, 0.15) is 0 Å². The molecule has 1 saturated heterocycles. The van der Waals surface area contributed by atoms with Crippen molar-refractivity contribution in [3.05, 3.63) is 52.1 Å². The van der Waals surface area contributed by atoms with Gasteiger partial charge < -0.3 is 5.32 Å². The van der Waals surface area contributed by atoms with Crippen LogP contribution in [0.1, 0.15) is 53.8 Å². The van der Waals surface area contributed by atoms with Crippen molar-refractivity contribution in [1.82, 2.24) is 29.7 Å². The normalized spacial score (nSPS) is 20.3. The molecule has 1 atom stereocenters. The number of aromatic nitrogens is 3. The van der Waals surface area contributed by atoms with E-state index < -0.39 is 0 Å². The molecule has 3 aromatic heterocycles. The highest BCUT2D eigenvalue weighted by Gasteiger charge is 2.35. The average Bonchev–Trinajstić information content (AvgIpc) is 3.27. The number of nitrogens with one attached hydrogen (secondary N) is 1. The van der Waals surface area contributed by atoms with Crippen molar-refractivity contribution in [2.75, 3.05) is 32.7 Å². The predicted octanol–water partition coefficient (Wildman–Crippen LogP) is 3.24. The van der Waals surface area contributed by atoms with Gasteiger partial charge in [-0.25, -0.2) is 0 Å². The number of rotatable bonds is 8. The van der Waals surface area contributed by atoms with Gasteiger partial charge in [-0.2, -0.15) is 0 Å². The van der Waals surface area contributed by atoms with E-state index in [1.54, 1.807) is 11.3 Å². The van der Waals surface area contributed by atoms with Gasteiger partial charge in [0.25, 0.3) is 5.91 Å². The Kier molecular flexibility index (Phi) is 6.26. The highest BCUT2D eigenvalue weighted by molar-refractivity contribution is 7.09. The fraction of sp³-hybridized carbons (Fsp3) is 0.542. The standard InChI is InChI=1S/C24H32N6OS/c1-17(2)29-12-11-28(14-18-5-6-18)16-21(29)23-27-26-22-8-7-19(15-30(22)23)24(31)25-10-9-20-4-3-13-32-20/h3-4,7-8,13,15,17-18,21H,5-6,9-12,14,16H2,1-2H3,(H,25,31). The van der Waals surface area contributed by atoms with Crippen LogP contribution >= 0.6 is 11.3 Å². The van der Waals surface area contributed by atoms with Crippen molar-refractivity contribution in [1.29, 1.82) is 0 Å². The molecule has 0 aromatic carbocycles. The third kappa shape index (κ3) is 4.72. The van der Waals surface area contributed by atoms with Crippen LogP contribution in [0.5, 0.6) is 0 Å². The largest absolute Gasteiger partial charge is 0.352 e. The number of amides is 1. The molecule has 32 heavy (non-hydrogen) atoms. The number of pyridine rings is 1. The molecule has 1 saturated carbocycles. The molecule has 8 heteroatoms. The molecule has 2 aliphatic rings. The molecule has 0 bridgehead atoms. The summed E-state index contributed by atoms with van der Waals surface area (Å²) in [4.78, 5) is 19.2. The van der Waals surface area contributed by atoms with Crippen molar-refractivity contribution in [3.63, 3.8) is 0 Å². The molecule has 1 N–H and O–H groups in total. The number of thiophene rings is 1. The molecule has 1 aliphatic carbocycles. The van der Waals surface area contributed by atoms with Crippen molar-refractivity contribution in [3.8, 4) is 0 Å². The first-order valence-electron chi connectivity index (χ1n) is 11.7. The zero-order valence-electron chi connectivity index (χ0n) is 18.9. The summed E-state index contributed by atoms with van der Waals surface area (Å²) in [5, 5.41) is 14.1. The van der Waals surface area contributed by atoms with Crippen LogP contribution < -0.4 is 5.32 Å². The number of nitrogens with zero attached hydrogens (tertiary/aromatic N) is 5. The van der Waals surface area contributed by atoms with E-state index in [0.29, 0.717) is 18.2 Å². The maximum Gasteiger partial charge on any atom is 0.252 e. The molecule has 3 aromatic rings. The highest BCUT2D eigenvalue weighted by Crippen LogP contribution is 2.33. The maximum atomic E-state index is 12.8. The van der Waals surface area contributed by atoms with E-state index in [0.717, 1.165) is 43.4 Å². The molecule has 2 fully saturated rings. The van der Waals surface area contributed by atoms with Gasteiger partial charge in [-0.3, -0.25) is 19.0 Å². The fourth-order valence-corrected chi connectivity index (χ4v) is 5.37. The molecule has 4 heterocycles. The number of hydrogen-bond acceptors (Lipinski definition) is 6. The van der Waals surface area contributed by atoms with E-state index in [1.807, 2.05) is 28.8 Å². The summed E-state index contributed by atoms with van der Waals surface area (Å²) in [5.74, 6) is 1.76. The number of carbonyl (C=O) groups excluding carboxylic acids is 1. The van der Waals surface area contributed by atoms with E-state index in [-0.39, 0.29) is 11.9 Å². The van der Waals surface area contributed by atoms with Gasteiger partial charge in [0, 0.05) is 49.8 Å². The first-order valence-corrected chi connectivity index (χ1v) is 12.6. The van der Waals surface area contributed by atoms with E-state index in [1.165, 1.54) is 24.3 Å². The summed E-state index contributed by atoms with van der Waals surface area (Å²) < 4.78 is 2.02. The lowest BCUT2D eigenvalue weighted by Crippen LogP contribution is -2.51. The second-order valence-electron chi connectivity index (χ2n) is 9.34. The molecule has 5 rings (SSSR count). The van der Waals surface area contributed by atoms with Crippen LogP contribution in [0, 0.1) is 5.92 Å². The number of fused-ring (bicyclic) bond motifs is 1. The van der Waals surface area contributed by atoms with Crippen molar-refractivity contribution in [2.24, 2.45) is 5.92 Å². The molecule has 170 valence electrons. The van der Waals surface area contributed by atoms with Crippen molar-refractivity contribution in [2.45, 2.75) is 45.2 Å². The van der Waals surface area contributed by atoms with Gasteiger partial charge in [0.15, 0.2) is 11.5 Å². The Morgan fingerprint density at radius 1 is 1.22 bits per heavy atom. The maximum absolute atomic E-state index is 12.8. The van der Waals surface area contributed by atoms with Crippen LogP contribution in [0.3, 0.4) is 0 Å². The SMILES string of the molecule is CC(C)N1CCN(CC2CC2)CC1c1nnc2ccc(C(=O)NCCc3cccs3)cn12. The predicted molar refractivity (Wildman–Crippen MR) is 127 cm³/mol. The lowest BCUT2D eigenvalue weighted by Gasteiger charge is -2.42. The third-order valence-corrected chi connectivity index (χ3v) is 7.54. The van der Waals surface area contributed by atoms with Gasteiger partial charge in [-0.15, -0.1) is 21.5 Å². The second kappa shape index (κ2) is 9.29. The van der Waals surface area contributed by atoms with E-state index in [2.05, 4.69) is 50.6 Å². The molecule has 7 nitrogen and oxygen atoms in total. The van der Waals surface area contributed by atoms with E-state index in [4.69, 9.17) is 0 Å². The Morgan fingerprint density at radius 3 is 2.84 bits per heavy atom. The monoisotopic (exact) mass is 452 g/mol. The lowest BCUT2D eigenvalue weighted by molar-refractivity contribution is 0.0437. The Labute approximate surface area is 193 Å². The topological polar surface area (TPSA) is 65.8 Å². The van der Waals surface area contributed by atoms with Gasteiger partial charge in [0.2, 0.25) is 0 Å². The van der Waals surface area contributed by atoms with Crippen LogP contribution in [-0.2, 0) is 6.42 Å². The number of carbonyl (C=O) groups is 1. The first-order chi connectivity index (χ1) is 15.6. The summed E-state index contributed by atoms with van der Waals surface area (Å²) >= 11 is 1.72. The Hall–Kier alpha value is -2.29. The Morgan fingerprint density at radius 2 is 2.09 bits per heavy atom. The first kappa shape index (κ1) is 21.6. The van der Waals surface area contributed by atoms with Crippen LogP contribution in [0.4, 0.5) is 0 Å². The summed E-state index contributed by atoms with van der Waals surface area (Å²) in [6.45, 7) is 9.43. The summed E-state index contributed by atoms with van der Waals surface area (Å²) in [7, 11) is 0. The second-order valence-corrected chi connectivity index (χ2v) is 10.4. The lowest BCUT2D eigenvalue weighted by atomic mass is 10.1. The summed E-state index contributed by atoms with van der Waals surface area (Å²) in [5.41, 5.74) is 1.43. The van der Waals surface area contributed by atoms with Crippen LogP contribution in [0.25, 0.3) is 5.65 Å². The zero-order valence-corrected chi connectivity index (χ0v) is 19.7. The zero-order chi connectivity index (χ0) is 22.1. The van der Waals surface area contributed by atoms with E-state index in [9.17, 15) is 4.79 Å². The van der Waals surface area contributed by atoms with Gasteiger partial charge >= 0.3 is 0 Å². The van der Waals surface area contributed by atoms with E-state index >= 15 is 0 Å². The van der Waals surface area contributed by atoms with Crippen molar-refractivity contribution < 1.29 is 4.79 Å². The number of hydrogen-bond donors (Lipinski definition) is 1. The van der Waals surface area contributed by atoms with Gasteiger partial charge in [-0.05, 0) is 62.6 Å². The summed E-state index contributed by atoms with van der Waals surface area (Å²) in [6, 6.07) is 8.49. The number of piperazine rings is 1. The van der Waals surface area contributed by atoms with Crippen LogP contribution in [0.15, 0.2) is 35.8 Å². The third-order valence-electron chi connectivity index (χ3n) is 6.61. The van der Waals surface area contributed by atoms with Crippen LogP contribution in [-0.4, -0.2) is 69.1 Å². The minimum absolute atomic E-state index is 0.0529. The van der Waals surface area contributed by atoms with Gasteiger partial charge in [-0.1, -0.05) is 6.07 Å². The molecular formula is C24H32N6OS. The minimum Gasteiger partial charge on any atom is -0.352 e. The molecule has 1 unspecified atom stereocenters. The highest BCUT2D eigenvalue weighted by atomic mass is 32.1. The Bertz CT molecular complexity index is 1060.